The lowest BCUT2D eigenvalue weighted by Gasteiger charge is -2.34. The molecule has 3 aliphatic rings. The number of rotatable bonds is 6. The smallest absolute Gasteiger partial charge is 0.136 e. The zero-order valence-electron chi connectivity index (χ0n) is 50.2. The van der Waals surface area contributed by atoms with E-state index in [1.165, 1.54) is 127 Å². The number of fused-ring (bicyclic) bond motifs is 15. The minimum absolute atomic E-state index is 0.0333. The molecule has 0 atom stereocenters. The molecule has 0 saturated carbocycles. The van der Waals surface area contributed by atoms with Crippen LogP contribution in [0.2, 0.25) is 0 Å². The highest BCUT2D eigenvalue weighted by atomic mass is 16.3. The van der Waals surface area contributed by atoms with Crippen molar-refractivity contribution in [2.75, 3.05) is 9.80 Å². The molecule has 11 aromatic carbocycles. The number of furan rings is 1. The summed E-state index contributed by atoms with van der Waals surface area (Å²) in [6, 6.07) is 69.4. The number of hydrogen-bond donors (Lipinski definition) is 0. The van der Waals surface area contributed by atoms with Gasteiger partial charge in [-0.25, -0.2) is 0 Å². The van der Waals surface area contributed by atoms with Gasteiger partial charge >= 0.3 is 0 Å². The molecular formula is C80H72N2O. The molecule has 0 N–H and O–H groups in total. The largest absolute Gasteiger partial charge is 0.456 e. The number of allylic oxidation sites excluding steroid dienone is 4. The highest BCUT2D eigenvalue weighted by molar-refractivity contribution is 6.15. The van der Waals surface area contributed by atoms with Crippen molar-refractivity contribution in [3.8, 4) is 22.3 Å². The first-order valence-electron chi connectivity index (χ1n) is 30.0. The number of aryl methyl sites for hydroxylation is 2. The molecule has 0 unspecified atom stereocenters. The fourth-order valence-corrected chi connectivity index (χ4v) is 14.9. The number of nitrogens with zero attached hydrogens (tertiary/aromatic N) is 2. The lowest BCUT2D eigenvalue weighted by Crippen LogP contribution is -2.22. The molecule has 408 valence electrons. The van der Waals surface area contributed by atoms with E-state index < -0.39 is 0 Å². The third kappa shape index (κ3) is 7.76. The Kier molecular flexibility index (Phi) is 11.1. The van der Waals surface area contributed by atoms with E-state index in [0.717, 1.165) is 51.8 Å². The normalized spacial score (nSPS) is 15.2. The summed E-state index contributed by atoms with van der Waals surface area (Å²) in [6.45, 7) is 28.1. The van der Waals surface area contributed by atoms with E-state index in [1.807, 2.05) is 0 Å². The lowest BCUT2D eigenvalue weighted by atomic mass is 9.81. The summed E-state index contributed by atoms with van der Waals surface area (Å²) in [4.78, 5) is 5.04. The maximum Gasteiger partial charge on any atom is 0.136 e. The predicted molar refractivity (Wildman–Crippen MR) is 355 cm³/mol. The fraction of sp³-hybridized carbons (Fsp3) is 0.225. The predicted octanol–water partition coefficient (Wildman–Crippen LogP) is 23.0. The first-order chi connectivity index (χ1) is 39.7. The maximum absolute atomic E-state index is 7.06. The molecule has 1 aromatic heterocycles. The van der Waals surface area contributed by atoms with Crippen molar-refractivity contribution in [3.05, 3.63) is 244 Å². The number of benzene rings is 11. The van der Waals surface area contributed by atoms with Gasteiger partial charge in [-0.1, -0.05) is 190 Å². The quantitative estimate of drug-likeness (QED) is 0.165. The Hall–Kier alpha value is -8.66. The average molecular weight is 1080 g/mol. The van der Waals surface area contributed by atoms with Crippen molar-refractivity contribution >= 4 is 93.5 Å². The van der Waals surface area contributed by atoms with Crippen molar-refractivity contribution in [1.29, 1.82) is 0 Å². The Bertz CT molecular complexity index is 4830. The minimum Gasteiger partial charge on any atom is -0.456 e. The second-order valence-corrected chi connectivity index (χ2v) is 27.4. The molecule has 0 radical (unpaired) electrons. The van der Waals surface area contributed by atoms with E-state index in [0.29, 0.717) is 0 Å². The second-order valence-electron chi connectivity index (χ2n) is 27.4. The zero-order chi connectivity index (χ0) is 57.2. The monoisotopic (exact) mass is 1080 g/mol. The van der Waals surface area contributed by atoms with Gasteiger partial charge in [-0.3, -0.25) is 0 Å². The molecule has 0 aliphatic heterocycles. The molecule has 3 aliphatic carbocycles. The molecular weight excluding hydrogens is 1000 g/mol. The van der Waals surface area contributed by atoms with Crippen LogP contribution in [0.1, 0.15) is 121 Å². The SMILES string of the molecule is Cc1c(N(C2=CC=C(C(C)(C)C)CC2)c2ccc3c(c2)C(C)(C)c2ccc4ccccc4c2-3)ccc2cc3c(cc12)oc1cc2c(C)c(N(c4ccc(C(C)(C)C)cc4)c4ccc5c(c4)C(C)(C)c4ccc6ccccc6c4-5)ccc2cc13. The van der Waals surface area contributed by atoms with Crippen LogP contribution in [-0.4, -0.2) is 0 Å². The Balaban J connectivity index is 0.852. The van der Waals surface area contributed by atoms with Crippen LogP contribution in [0.25, 0.3) is 87.3 Å². The van der Waals surface area contributed by atoms with Crippen LogP contribution in [0.5, 0.6) is 0 Å². The molecule has 0 bridgehead atoms. The van der Waals surface area contributed by atoms with E-state index in [9.17, 15) is 0 Å². The summed E-state index contributed by atoms with van der Waals surface area (Å²) in [5.74, 6) is 0. The van der Waals surface area contributed by atoms with Crippen LogP contribution >= 0.6 is 0 Å². The van der Waals surface area contributed by atoms with Gasteiger partial charge in [0.1, 0.15) is 11.2 Å². The third-order valence-electron chi connectivity index (χ3n) is 19.7. The topological polar surface area (TPSA) is 19.6 Å². The third-order valence-corrected chi connectivity index (χ3v) is 19.7. The Morgan fingerprint density at radius 3 is 1.34 bits per heavy atom. The van der Waals surface area contributed by atoms with Gasteiger partial charge in [0.2, 0.25) is 0 Å². The van der Waals surface area contributed by atoms with Gasteiger partial charge in [0.15, 0.2) is 0 Å². The second kappa shape index (κ2) is 17.9. The number of hydrogen-bond acceptors (Lipinski definition) is 3. The van der Waals surface area contributed by atoms with Gasteiger partial charge in [0, 0.05) is 55.7 Å². The van der Waals surface area contributed by atoms with Gasteiger partial charge in [0.25, 0.3) is 0 Å². The molecule has 83 heavy (non-hydrogen) atoms. The summed E-state index contributed by atoms with van der Waals surface area (Å²) in [5.41, 5.74) is 24.9. The standard InChI is InChI=1S/C80H72N2O/c1-47-63-45-73-65(41-51(63)23-39-71(47)81(55-29-25-53(26-30-55)77(3,4)5)57-33-35-61-69(43-57)79(9,10)67-37-21-49-17-13-15-19-59(49)75(61)67)66-42-52-24-40-72(48(2)64(52)46-74(66)83-73)82(56-31-27-54(28-32-56)78(6,7)8)58-34-36-62-70(44-58)80(11,12)68-38-22-50-18-14-16-20-60(50)76(62)68/h13-27,29-31,33-46H,28,32H2,1-12H3. The van der Waals surface area contributed by atoms with Crippen LogP contribution in [-0.2, 0) is 16.2 Å². The molecule has 0 amide bonds. The van der Waals surface area contributed by atoms with Gasteiger partial charge in [-0.2, -0.15) is 0 Å². The van der Waals surface area contributed by atoms with Crippen LogP contribution in [0.3, 0.4) is 0 Å². The molecule has 0 saturated heterocycles. The van der Waals surface area contributed by atoms with Crippen molar-refractivity contribution < 1.29 is 4.42 Å². The van der Waals surface area contributed by atoms with Crippen LogP contribution in [0.4, 0.5) is 28.4 Å². The Morgan fingerprint density at radius 2 is 0.855 bits per heavy atom. The fourth-order valence-electron chi connectivity index (χ4n) is 14.9. The summed E-state index contributed by atoms with van der Waals surface area (Å²) < 4.78 is 7.06. The summed E-state index contributed by atoms with van der Waals surface area (Å²) >= 11 is 0. The summed E-state index contributed by atoms with van der Waals surface area (Å²) in [7, 11) is 0. The van der Waals surface area contributed by atoms with Gasteiger partial charge in [-0.05, 0) is 221 Å². The Labute approximate surface area is 489 Å². The van der Waals surface area contributed by atoms with E-state index in [2.05, 4.69) is 287 Å². The molecule has 3 nitrogen and oxygen atoms in total. The number of anilines is 5. The van der Waals surface area contributed by atoms with E-state index in [4.69, 9.17) is 4.42 Å². The minimum atomic E-state index is -0.174. The van der Waals surface area contributed by atoms with Crippen molar-refractivity contribution in [1.82, 2.24) is 0 Å². The first-order valence-corrected chi connectivity index (χ1v) is 30.0. The molecule has 0 spiro atoms. The summed E-state index contributed by atoms with van der Waals surface area (Å²) in [5, 5.41) is 12.3. The van der Waals surface area contributed by atoms with Crippen LogP contribution in [0.15, 0.2) is 210 Å². The van der Waals surface area contributed by atoms with E-state index >= 15 is 0 Å². The van der Waals surface area contributed by atoms with E-state index in [1.54, 1.807) is 0 Å². The molecule has 3 heteroatoms. The lowest BCUT2D eigenvalue weighted by molar-refractivity contribution is 0.479. The van der Waals surface area contributed by atoms with Gasteiger partial charge < -0.3 is 14.2 Å². The highest BCUT2D eigenvalue weighted by Gasteiger charge is 2.39. The Morgan fingerprint density at radius 1 is 0.386 bits per heavy atom. The van der Waals surface area contributed by atoms with Crippen molar-refractivity contribution in [2.24, 2.45) is 5.41 Å². The van der Waals surface area contributed by atoms with Crippen LogP contribution < -0.4 is 9.80 Å². The average Bonchev–Trinajstić information content (AvgIpc) is 1.97. The highest BCUT2D eigenvalue weighted by Crippen LogP contribution is 2.56. The summed E-state index contributed by atoms with van der Waals surface area (Å²) in [6.07, 6.45) is 6.78. The maximum atomic E-state index is 7.06. The molecule has 15 rings (SSSR count). The zero-order valence-corrected chi connectivity index (χ0v) is 50.2. The first kappa shape index (κ1) is 51.2. The van der Waals surface area contributed by atoms with Gasteiger partial charge in [0.05, 0.1) is 0 Å². The molecule has 12 aromatic rings. The van der Waals surface area contributed by atoms with Crippen molar-refractivity contribution in [3.63, 3.8) is 0 Å². The van der Waals surface area contributed by atoms with E-state index in [-0.39, 0.29) is 21.7 Å². The molecule has 0 fully saturated rings. The van der Waals surface area contributed by atoms with Gasteiger partial charge in [-0.15, -0.1) is 0 Å². The van der Waals surface area contributed by atoms with Crippen LogP contribution in [0, 0.1) is 19.3 Å². The molecule has 1 heterocycles. The van der Waals surface area contributed by atoms with Crippen molar-refractivity contribution in [2.45, 2.75) is 112 Å².